The van der Waals surface area contributed by atoms with E-state index >= 15 is 0 Å². The maximum atomic E-state index is 5.22. The molecular weight excluding hydrogens is 440 g/mol. The fourth-order valence-electron chi connectivity index (χ4n) is 3.27. The number of methoxy groups -OCH3 is 1. The number of hydrogen-bond donors (Lipinski definition) is 1. The number of anilines is 1. The third kappa shape index (κ3) is 4.00. The van der Waals surface area contributed by atoms with Crippen molar-refractivity contribution in [3.63, 3.8) is 0 Å². The lowest BCUT2D eigenvalue weighted by Gasteiger charge is -2.01. The highest BCUT2D eigenvalue weighted by atomic mass is 32.1. The third-order valence-electron chi connectivity index (χ3n) is 4.90. The molecule has 2 aromatic carbocycles. The minimum atomic E-state index is 0.708. The monoisotopic (exact) mass is 460 g/mol. The van der Waals surface area contributed by atoms with E-state index in [2.05, 4.69) is 51.8 Å². The Morgan fingerprint density at radius 2 is 1.75 bits per heavy atom. The van der Waals surface area contributed by atoms with Crippen LogP contribution in [0.25, 0.3) is 27.5 Å². The number of nitrogens with one attached hydrogen (secondary N) is 1. The largest absolute Gasteiger partial charge is 0.497 e. The summed E-state index contributed by atoms with van der Waals surface area (Å²) in [6, 6.07) is 16.1. The summed E-state index contributed by atoms with van der Waals surface area (Å²) in [7, 11) is 1.66. The molecule has 0 aliphatic rings. The summed E-state index contributed by atoms with van der Waals surface area (Å²) in [4.78, 5) is 10.3. The zero-order valence-corrected chi connectivity index (χ0v) is 19.4. The highest BCUT2D eigenvalue weighted by molar-refractivity contribution is 7.16. The average molecular weight is 461 g/mol. The van der Waals surface area contributed by atoms with Crippen LogP contribution in [0.1, 0.15) is 16.3 Å². The number of thiazole rings is 1. The molecule has 0 amide bonds. The maximum Gasteiger partial charge on any atom is 0.213 e. The fraction of sp³-hybridized carbons (Fsp3) is 0.130. The quantitative estimate of drug-likeness (QED) is 0.262. The van der Waals surface area contributed by atoms with E-state index in [0.717, 1.165) is 43.9 Å². The van der Waals surface area contributed by atoms with Gasteiger partial charge in [-0.2, -0.15) is 10.2 Å². The van der Waals surface area contributed by atoms with Crippen molar-refractivity contribution in [2.24, 2.45) is 5.10 Å². The molecule has 1 N–H and O–H groups in total. The normalized spacial score (nSPS) is 11.5. The fourth-order valence-corrected chi connectivity index (χ4v) is 4.69. The second-order valence-corrected chi connectivity index (χ2v) is 9.18. The van der Waals surface area contributed by atoms with E-state index in [1.54, 1.807) is 24.7 Å². The number of imidazole rings is 1. The topological polar surface area (TPSA) is 76.7 Å². The number of fused-ring (bicyclic) bond motifs is 1. The van der Waals surface area contributed by atoms with Gasteiger partial charge in [0.2, 0.25) is 10.1 Å². The minimum Gasteiger partial charge on any atom is -0.497 e. The van der Waals surface area contributed by atoms with Crippen LogP contribution in [0.5, 0.6) is 5.75 Å². The van der Waals surface area contributed by atoms with Crippen molar-refractivity contribution in [3.8, 4) is 28.3 Å². The molecule has 0 aliphatic carbocycles. The summed E-state index contributed by atoms with van der Waals surface area (Å²) in [5.41, 5.74) is 8.87. The zero-order chi connectivity index (χ0) is 22.1. The number of aromatic nitrogens is 4. The number of hydrazone groups is 1. The van der Waals surface area contributed by atoms with Gasteiger partial charge in [0.25, 0.3) is 0 Å². The summed E-state index contributed by atoms with van der Waals surface area (Å²) in [6.07, 6.45) is 1.75. The second-order valence-electron chi connectivity index (χ2n) is 7.16. The van der Waals surface area contributed by atoms with Crippen molar-refractivity contribution >= 4 is 39.0 Å². The number of ether oxygens (including phenoxy) is 1. The Morgan fingerprint density at radius 3 is 2.50 bits per heavy atom. The molecule has 0 saturated heterocycles. The lowest BCUT2D eigenvalue weighted by molar-refractivity contribution is 0.415. The zero-order valence-electron chi connectivity index (χ0n) is 17.7. The molecular formula is C23H20N6OS2. The average Bonchev–Trinajstić information content (AvgIpc) is 3.50. The van der Waals surface area contributed by atoms with E-state index < -0.39 is 0 Å². The molecule has 3 aromatic heterocycles. The van der Waals surface area contributed by atoms with Crippen molar-refractivity contribution in [3.05, 3.63) is 70.2 Å². The van der Waals surface area contributed by atoms with Crippen LogP contribution in [-0.4, -0.2) is 32.9 Å². The Kier molecular flexibility index (Phi) is 5.42. The maximum absolute atomic E-state index is 5.22. The van der Waals surface area contributed by atoms with E-state index in [9.17, 15) is 0 Å². The van der Waals surface area contributed by atoms with Gasteiger partial charge in [-0.25, -0.2) is 14.5 Å². The number of benzene rings is 2. The molecule has 5 rings (SSSR count). The predicted molar refractivity (Wildman–Crippen MR) is 131 cm³/mol. The molecule has 32 heavy (non-hydrogen) atoms. The van der Waals surface area contributed by atoms with Crippen molar-refractivity contribution in [2.45, 2.75) is 13.8 Å². The van der Waals surface area contributed by atoms with Crippen molar-refractivity contribution in [1.29, 1.82) is 0 Å². The number of aryl methyl sites for hydroxylation is 2. The van der Waals surface area contributed by atoms with Crippen LogP contribution >= 0.6 is 22.7 Å². The van der Waals surface area contributed by atoms with Crippen molar-refractivity contribution in [2.75, 3.05) is 12.5 Å². The van der Waals surface area contributed by atoms with E-state index in [1.807, 2.05) is 41.1 Å². The van der Waals surface area contributed by atoms with Crippen LogP contribution in [-0.2, 0) is 0 Å². The van der Waals surface area contributed by atoms with E-state index in [1.165, 1.54) is 16.9 Å². The van der Waals surface area contributed by atoms with Gasteiger partial charge in [0.1, 0.15) is 22.1 Å². The Morgan fingerprint density at radius 1 is 1.00 bits per heavy atom. The summed E-state index contributed by atoms with van der Waals surface area (Å²) in [6.45, 7) is 4.04. The first-order valence-corrected chi connectivity index (χ1v) is 11.6. The van der Waals surface area contributed by atoms with Gasteiger partial charge in [0, 0.05) is 16.5 Å². The van der Waals surface area contributed by atoms with Crippen molar-refractivity contribution in [1.82, 2.24) is 19.6 Å². The Hall–Kier alpha value is -3.56. The van der Waals surface area contributed by atoms with Crippen LogP contribution in [0.3, 0.4) is 0 Å². The predicted octanol–water partition coefficient (Wildman–Crippen LogP) is 5.65. The van der Waals surface area contributed by atoms with Gasteiger partial charge >= 0.3 is 0 Å². The van der Waals surface area contributed by atoms with Gasteiger partial charge in [-0.15, -0.1) is 11.3 Å². The van der Waals surface area contributed by atoms with Gasteiger partial charge in [-0.3, -0.25) is 5.43 Å². The molecule has 3 heterocycles. The van der Waals surface area contributed by atoms with Gasteiger partial charge < -0.3 is 4.74 Å². The first-order valence-electron chi connectivity index (χ1n) is 9.93. The SMILES string of the molecule is COc1ccc(-c2csc(N/N=C/c3c(-c4ccc(C)cc4)nc4sc(C)nn34)n2)cc1. The Bertz CT molecular complexity index is 1400. The molecule has 0 aliphatic heterocycles. The smallest absolute Gasteiger partial charge is 0.213 e. The highest BCUT2D eigenvalue weighted by Gasteiger charge is 2.16. The van der Waals surface area contributed by atoms with Gasteiger partial charge in [0.15, 0.2) is 0 Å². The molecule has 7 nitrogen and oxygen atoms in total. The number of rotatable bonds is 6. The van der Waals surface area contributed by atoms with Crippen LogP contribution in [0.15, 0.2) is 59.0 Å². The molecule has 0 spiro atoms. The summed E-state index contributed by atoms with van der Waals surface area (Å²) < 4.78 is 7.06. The van der Waals surface area contributed by atoms with Gasteiger partial charge in [-0.05, 0) is 38.1 Å². The van der Waals surface area contributed by atoms with E-state index in [0.29, 0.717) is 5.13 Å². The van der Waals surface area contributed by atoms with E-state index in [-0.39, 0.29) is 0 Å². The second kappa shape index (κ2) is 8.52. The first-order chi connectivity index (χ1) is 15.6. The van der Waals surface area contributed by atoms with Crippen LogP contribution in [0.4, 0.5) is 5.13 Å². The van der Waals surface area contributed by atoms with Crippen molar-refractivity contribution < 1.29 is 4.74 Å². The molecule has 0 radical (unpaired) electrons. The molecule has 160 valence electrons. The Labute approximate surface area is 193 Å². The molecule has 9 heteroatoms. The van der Waals surface area contributed by atoms with Crippen LogP contribution in [0, 0.1) is 13.8 Å². The first kappa shape index (κ1) is 20.3. The summed E-state index contributed by atoms with van der Waals surface area (Å²) in [5.74, 6) is 0.820. The standard InChI is InChI=1S/C23H20N6OS2/c1-14-4-6-17(7-5-14)21-20(29-23(26-21)32-15(2)28-29)12-24-27-22-25-19(13-31-22)16-8-10-18(30-3)11-9-16/h4-13H,1-3H3,(H,25,27)/b24-12+. The molecule has 0 fully saturated rings. The molecule has 5 aromatic rings. The summed E-state index contributed by atoms with van der Waals surface area (Å²) in [5, 5.41) is 12.7. The lowest BCUT2D eigenvalue weighted by Crippen LogP contribution is -1.97. The van der Waals surface area contributed by atoms with Gasteiger partial charge in [0.05, 0.1) is 19.0 Å². The molecule has 0 atom stereocenters. The van der Waals surface area contributed by atoms with Gasteiger partial charge in [-0.1, -0.05) is 41.2 Å². The number of nitrogens with zero attached hydrogens (tertiary/aromatic N) is 5. The number of hydrogen-bond acceptors (Lipinski definition) is 8. The molecule has 0 bridgehead atoms. The third-order valence-corrected chi connectivity index (χ3v) is 6.47. The minimum absolute atomic E-state index is 0.708. The molecule has 0 unspecified atom stereocenters. The Balaban J connectivity index is 1.41. The van der Waals surface area contributed by atoms with Crippen LogP contribution < -0.4 is 10.2 Å². The highest BCUT2D eigenvalue weighted by Crippen LogP contribution is 2.28. The molecule has 0 saturated carbocycles. The lowest BCUT2D eigenvalue weighted by atomic mass is 10.1. The van der Waals surface area contributed by atoms with E-state index in [4.69, 9.17) is 9.72 Å². The summed E-state index contributed by atoms with van der Waals surface area (Å²) >= 11 is 3.06. The van der Waals surface area contributed by atoms with Crippen LogP contribution in [0.2, 0.25) is 0 Å².